The lowest BCUT2D eigenvalue weighted by Crippen LogP contribution is -2.41. The standard InChI is InChI=1S/C30H34N8O2/c1-4-7-25-31-28-26(29(39)38(18-20-10-11-20)30(40)37(28)16-19(2)3)36(25)17-21-12-14-22(15-13-21)23-8-5-6-9-24(23)27-32-34-35-33-27/h5-6,8-9,12-15,19-20H,4,7,10-11,16-18H2,1-3H3,(H,32,33,34,35). The van der Waals surface area contributed by atoms with Crippen LogP contribution in [0.1, 0.15) is 51.4 Å². The molecule has 10 nitrogen and oxygen atoms in total. The summed E-state index contributed by atoms with van der Waals surface area (Å²) in [6, 6.07) is 16.3. The van der Waals surface area contributed by atoms with E-state index in [0.29, 0.717) is 42.5 Å². The molecule has 6 rings (SSSR count). The summed E-state index contributed by atoms with van der Waals surface area (Å²) in [5.41, 5.74) is 4.55. The zero-order chi connectivity index (χ0) is 27.8. The molecule has 0 atom stereocenters. The highest BCUT2D eigenvalue weighted by atomic mass is 16.2. The molecular weight excluding hydrogens is 504 g/mol. The molecule has 5 aromatic rings. The Kier molecular flexibility index (Phi) is 6.91. The maximum absolute atomic E-state index is 13.8. The topological polar surface area (TPSA) is 116 Å². The molecule has 0 unspecified atom stereocenters. The van der Waals surface area contributed by atoms with Gasteiger partial charge in [-0.1, -0.05) is 69.3 Å². The van der Waals surface area contributed by atoms with E-state index in [2.05, 4.69) is 65.7 Å². The summed E-state index contributed by atoms with van der Waals surface area (Å²) in [7, 11) is 0. The summed E-state index contributed by atoms with van der Waals surface area (Å²) in [5.74, 6) is 2.03. The van der Waals surface area contributed by atoms with E-state index in [-0.39, 0.29) is 17.2 Å². The van der Waals surface area contributed by atoms with E-state index in [0.717, 1.165) is 53.8 Å². The first-order chi connectivity index (χ1) is 19.4. The summed E-state index contributed by atoms with van der Waals surface area (Å²) in [4.78, 5) is 32.2. The Hall–Kier alpha value is -4.34. The smallest absolute Gasteiger partial charge is 0.318 e. The number of hydrogen-bond donors (Lipinski definition) is 1. The van der Waals surface area contributed by atoms with E-state index >= 15 is 0 Å². The first-order valence-corrected chi connectivity index (χ1v) is 14.1. The van der Waals surface area contributed by atoms with Crippen molar-refractivity contribution in [2.75, 3.05) is 0 Å². The highest BCUT2D eigenvalue weighted by Gasteiger charge is 2.27. The Morgan fingerprint density at radius 3 is 2.38 bits per heavy atom. The number of tetrazole rings is 1. The number of hydrogen-bond acceptors (Lipinski definition) is 6. The van der Waals surface area contributed by atoms with Crippen LogP contribution >= 0.6 is 0 Å². The van der Waals surface area contributed by atoms with Crippen LogP contribution in [0.5, 0.6) is 0 Å². The second-order valence-electron chi connectivity index (χ2n) is 11.2. The van der Waals surface area contributed by atoms with Crippen molar-refractivity contribution in [1.82, 2.24) is 39.3 Å². The van der Waals surface area contributed by atoms with Crippen LogP contribution in [0.2, 0.25) is 0 Å². The van der Waals surface area contributed by atoms with Gasteiger partial charge in [-0.2, -0.15) is 5.21 Å². The van der Waals surface area contributed by atoms with Gasteiger partial charge in [0, 0.05) is 31.6 Å². The summed E-state index contributed by atoms with van der Waals surface area (Å²) in [6.07, 6.45) is 3.75. The van der Waals surface area contributed by atoms with E-state index in [4.69, 9.17) is 4.98 Å². The Morgan fingerprint density at radius 1 is 0.975 bits per heavy atom. The quantitative estimate of drug-likeness (QED) is 0.284. The Balaban J connectivity index is 1.43. The zero-order valence-electron chi connectivity index (χ0n) is 23.2. The fourth-order valence-electron chi connectivity index (χ4n) is 5.35. The van der Waals surface area contributed by atoms with Gasteiger partial charge in [0.15, 0.2) is 11.2 Å². The number of rotatable bonds is 10. The minimum Gasteiger partial charge on any atom is -0.318 e. The molecule has 1 fully saturated rings. The van der Waals surface area contributed by atoms with Gasteiger partial charge in [0.1, 0.15) is 5.82 Å². The summed E-state index contributed by atoms with van der Waals surface area (Å²) >= 11 is 0. The van der Waals surface area contributed by atoms with Gasteiger partial charge in [-0.15, -0.1) is 10.2 Å². The lowest BCUT2D eigenvalue weighted by molar-refractivity contribution is 0.477. The van der Waals surface area contributed by atoms with Crippen LogP contribution in [0.3, 0.4) is 0 Å². The van der Waals surface area contributed by atoms with E-state index in [1.54, 1.807) is 4.57 Å². The van der Waals surface area contributed by atoms with Crippen LogP contribution in [0, 0.1) is 11.8 Å². The predicted octanol–water partition coefficient (Wildman–Crippen LogP) is 4.27. The molecule has 0 aliphatic heterocycles. The van der Waals surface area contributed by atoms with E-state index < -0.39 is 0 Å². The SMILES string of the molecule is CCCc1nc2c(c(=O)n(CC3CC3)c(=O)n2CC(C)C)n1Cc1ccc(-c2ccccc2-c2nn[nH]n2)cc1. The lowest BCUT2D eigenvalue weighted by atomic mass is 9.98. The van der Waals surface area contributed by atoms with Crippen LogP contribution in [0.15, 0.2) is 58.1 Å². The minimum absolute atomic E-state index is 0.229. The van der Waals surface area contributed by atoms with Crippen molar-refractivity contribution in [3.05, 3.63) is 80.8 Å². The molecule has 3 heterocycles. The van der Waals surface area contributed by atoms with Gasteiger partial charge in [-0.05, 0) is 53.0 Å². The van der Waals surface area contributed by atoms with Crippen LogP contribution in [0.25, 0.3) is 33.7 Å². The first-order valence-electron chi connectivity index (χ1n) is 14.1. The maximum Gasteiger partial charge on any atom is 0.332 e. The molecule has 206 valence electrons. The molecule has 0 radical (unpaired) electrons. The van der Waals surface area contributed by atoms with Crippen LogP contribution in [-0.4, -0.2) is 39.3 Å². The molecule has 1 aliphatic rings. The third-order valence-corrected chi connectivity index (χ3v) is 7.47. The van der Waals surface area contributed by atoms with Crippen molar-refractivity contribution in [3.63, 3.8) is 0 Å². The fraction of sp³-hybridized carbons (Fsp3) is 0.400. The number of H-pyrrole nitrogens is 1. The number of aromatic nitrogens is 8. The van der Waals surface area contributed by atoms with Gasteiger partial charge >= 0.3 is 5.69 Å². The second-order valence-corrected chi connectivity index (χ2v) is 11.2. The Labute approximate surface area is 231 Å². The molecule has 40 heavy (non-hydrogen) atoms. The lowest BCUT2D eigenvalue weighted by Gasteiger charge is -2.14. The van der Waals surface area contributed by atoms with Crippen molar-refractivity contribution in [2.24, 2.45) is 11.8 Å². The number of benzene rings is 2. The van der Waals surface area contributed by atoms with Crippen LogP contribution < -0.4 is 11.2 Å². The summed E-state index contributed by atoms with van der Waals surface area (Å²) < 4.78 is 5.20. The monoisotopic (exact) mass is 538 g/mol. The highest BCUT2D eigenvalue weighted by Crippen LogP contribution is 2.31. The van der Waals surface area contributed by atoms with Gasteiger partial charge in [-0.3, -0.25) is 13.9 Å². The molecule has 2 aromatic carbocycles. The summed E-state index contributed by atoms with van der Waals surface area (Å²) in [6.45, 7) is 7.77. The highest BCUT2D eigenvalue weighted by molar-refractivity contribution is 5.80. The maximum atomic E-state index is 13.8. The van der Waals surface area contributed by atoms with E-state index in [9.17, 15) is 9.59 Å². The summed E-state index contributed by atoms with van der Waals surface area (Å²) in [5, 5.41) is 14.5. The number of nitrogens with zero attached hydrogens (tertiary/aromatic N) is 7. The molecular formula is C30H34N8O2. The second kappa shape index (κ2) is 10.7. The largest absolute Gasteiger partial charge is 0.332 e. The first kappa shape index (κ1) is 25.9. The Morgan fingerprint density at radius 2 is 1.73 bits per heavy atom. The van der Waals surface area contributed by atoms with Crippen LogP contribution in [0.4, 0.5) is 0 Å². The molecule has 0 amide bonds. The normalized spacial score (nSPS) is 13.5. The molecule has 1 saturated carbocycles. The number of fused-ring (bicyclic) bond motifs is 1. The minimum atomic E-state index is -0.240. The van der Waals surface area contributed by atoms with Gasteiger partial charge in [0.2, 0.25) is 5.82 Å². The van der Waals surface area contributed by atoms with E-state index in [1.165, 1.54) is 4.57 Å². The van der Waals surface area contributed by atoms with Gasteiger partial charge in [0.25, 0.3) is 5.56 Å². The molecule has 3 aromatic heterocycles. The molecule has 0 bridgehead atoms. The third-order valence-electron chi connectivity index (χ3n) is 7.47. The van der Waals surface area contributed by atoms with Gasteiger partial charge in [0.05, 0.1) is 0 Å². The van der Waals surface area contributed by atoms with Crippen molar-refractivity contribution in [3.8, 4) is 22.5 Å². The predicted molar refractivity (Wildman–Crippen MR) is 154 cm³/mol. The molecule has 0 spiro atoms. The molecule has 1 N–H and O–H groups in total. The molecule has 1 aliphatic carbocycles. The van der Waals surface area contributed by atoms with Crippen LogP contribution in [-0.2, 0) is 26.1 Å². The number of aromatic amines is 1. The van der Waals surface area contributed by atoms with Gasteiger partial charge in [-0.25, -0.2) is 9.78 Å². The average Bonchev–Trinajstić information content (AvgIpc) is 3.47. The number of aryl methyl sites for hydroxylation is 1. The van der Waals surface area contributed by atoms with E-state index in [1.807, 2.05) is 28.8 Å². The van der Waals surface area contributed by atoms with Crippen molar-refractivity contribution >= 4 is 11.2 Å². The van der Waals surface area contributed by atoms with Crippen molar-refractivity contribution < 1.29 is 0 Å². The van der Waals surface area contributed by atoms with Crippen molar-refractivity contribution in [2.45, 2.75) is 66.1 Å². The molecule has 10 heteroatoms. The third kappa shape index (κ3) is 4.89. The zero-order valence-corrected chi connectivity index (χ0v) is 23.2. The Bertz CT molecular complexity index is 1760. The fourth-order valence-corrected chi connectivity index (χ4v) is 5.35. The number of nitrogens with one attached hydrogen (secondary N) is 1. The average molecular weight is 539 g/mol. The van der Waals surface area contributed by atoms with Crippen molar-refractivity contribution in [1.29, 1.82) is 0 Å². The number of imidazole rings is 1. The molecule has 0 saturated heterocycles. The van der Waals surface area contributed by atoms with Gasteiger partial charge < -0.3 is 4.57 Å².